The fraction of sp³-hybridized carbons (Fsp3) is 0.353. The number of amides is 1. The summed E-state index contributed by atoms with van der Waals surface area (Å²) < 4.78 is 33.2. The molecule has 1 aromatic heterocycles. The van der Waals surface area contributed by atoms with Gasteiger partial charge >= 0.3 is 6.09 Å². The maximum Gasteiger partial charge on any atom is 0.419 e. The number of carbonyl (C=O) groups is 2. The standard InChI is InChI=1S/C34H38N4O5S/c1-34(2,3)43-33(40)38-29-15-8-22(21-37-16-6-5-7-17-37)18-24(29)19-30(38)27-14-13-26(28-20-35-32(39)31(27)28)23-9-11-25(12-10-23)36-44(4,41)42/h8-15,18-19,36H,5-7,16-17,20-21H2,1-4H3,(H,35,39). The molecule has 0 atom stereocenters. The Morgan fingerprint density at radius 2 is 1.66 bits per heavy atom. The monoisotopic (exact) mass is 614 g/mol. The fourth-order valence-corrected chi connectivity index (χ4v) is 6.77. The predicted octanol–water partition coefficient (Wildman–Crippen LogP) is 6.36. The minimum atomic E-state index is -3.40. The highest BCUT2D eigenvalue weighted by molar-refractivity contribution is 7.92. The Morgan fingerprint density at radius 3 is 2.34 bits per heavy atom. The zero-order chi connectivity index (χ0) is 31.2. The van der Waals surface area contributed by atoms with Crippen molar-refractivity contribution in [2.75, 3.05) is 24.1 Å². The van der Waals surface area contributed by atoms with Crippen molar-refractivity contribution in [1.82, 2.24) is 14.8 Å². The van der Waals surface area contributed by atoms with Gasteiger partial charge in [0.2, 0.25) is 10.0 Å². The molecule has 6 rings (SSSR count). The molecule has 2 aliphatic rings. The number of ether oxygens (including phenoxy) is 1. The number of rotatable bonds is 6. The van der Waals surface area contributed by atoms with Gasteiger partial charge in [-0.3, -0.25) is 14.4 Å². The number of likely N-dealkylation sites (tertiary alicyclic amines) is 1. The summed E-state index contributed by atoms with van der Waals surface area (Å²) >= 11 is 0. The largest absolute Gasteiger partial charge is 0.443 e. The van der Waals surface area contributed by atoms with Crippen LogP contribution in [-0.2, 0) is 27.8 Å². The van der Waals surface area contributed by atoms with E-state index in [4.69, 9.17) is 4.74 Å². The van der Waals surface area contributed by atoms with Gasteiger partial charge in [-0.1, -0.05) is 36.8 Å². The molecule has 1 fully saturated rings. The van der Waals surface area contributed by atoms with Crippen molar-refractivity contribution >= 4 is 38.6 Å². The molecule has 2 N–H and O–H groups in total. The van der Waals surface area contributed by atoms with Crippen LogP contribution in [-0.4, -0.2) is 54.8 Å². The summed E-state index contributed by atoms with van der Waals surface area (Å²) in [4.78, 5) is 29.5. The molecule has 0 bridgehead atoms. The average molecular weight is 615 g/mol. The van der Waals surface area contributed by atoms with Gasteiger partial charge in [-0.15, -0.1) is 0 Å². The lowest BCUT2D eigenvalue weighted by Crippen LogP contribution is -2.29. The Morgan fingerprint density at radius 1 is 0.955 bits per heavy atom. The second-order valence-corrected chi connectivity index (χ2v) is 14.5. The Bertz CT molecular complexity index is 1860. The highest BCUT2D eigenvalue weighted by atomic mass is 32.2. The van der Waals surface area contributed by atoms with Gasteiger partial charge in [-0.2, -0.15) is 0 Å². The maximum atomic E-state index is 13.7. The fourth-order valence-electron chi connectivity index (χ4n) is 6.21. The number of hydrogen-bond acceptors (Lipinski definition) is 6. The van der Waals surface area contributed by atoms with Crippen molar-refractivity contribution in [3.05, 3.63) is 77.4 Å². The summed E-state index contributed by atoms with van der Waals surface area (Å²) in [6.45, 7) is 8.89. The van der Waals surface area contributed by atoms with Crippen LogP contribution in [0, 0.1) is 0 Å². The molecule has 0 aliphatic carbocycles. The molecular formula is C34H38N4O5S. The number of nitrogens with zero attached hydrogens (tertiary/aromatic N) is 2. The van der Waals surface area contributed by atoms with E-state index in [0.717, 1.165) is 53.5 Å². The third-order valence-electron chi connectivity index (χ3n) is 8.04. The van der Waals surface area contributed by atoms with E-state index in [1.54, 1.807) is 16.7 Å². The zero-order valence-corrected chi connectivity index (χ0v) is 26.4. The highest BCUT2D eigenvalue weighted by Gasteiger charge is 2.30. The van der Waals surface area contributed by atoms with Gasteiger partial charge in [-0.25, -0.2) is 17.8 Å². The minimum Gasteiger partial charge on any atom is -0.443 e. The molecule has 4 aromatic rings. The molecule has 0 unspecified atom stereocenters. The van der Waals surface area contributed by atoms with Crippen molar-refractivity contribution < 1.29 is 22.7 Å². The summed E-state index contributed by atoms with van der Waals surface area (Å²) in [6.07, 6.45) is 4.31. The first kappa shape index (κ1) is 29.9. The Kier molecular flexibility index (Phi) is 7.75. The topological polar surface area (TPSA) is 110 Å². The van der Waals surface area contributed by atoms with E-state index in [2.05, 4.69) is 27.1 Å². The number of nitrogens with one attached hydrogen (secondary N) is 2. The predicted molar refractivity (Wildman–Crippen MR) is 173 cm³/mol. The SMILES string of the molecule is CC(C)(C)OC(=O)n1c(-c2ccc(-c3ccc(NS(C)(=O)=O)cc3)c3c2C(=O)NC3)cc2cc(CN3CCCCC3)ccc21. The molecule has 2 aliphatic heterocycles. The van der Waals surface area contributed by atoms with Gasteiger partial charge in [0.05, 0.1) is 23.0 Å². The third kappa shape index (κ3) is 6.23. The van der Waals surface area contributed by atoms with Gasteiger partial charge in [0.15, 0.2) is 0 Å². The molecule has 3 heterocycles. The first-order valence-electron chi connectivity index (χ1n) is 15.0. The number of benzene rings is 3. The van der Waals surface area contributed by atoms with Crippen LogP contribution in [0.1, 0.15) is 61.5 Å². The van der Waals surface area contributed by atoms with Crippen LogP contribution in [0.5, 0.6) is 0 Å². The molecule has 10 heteroatoms. The van der Waals surface area contributed by atoms with E-state index in [0.29, 0.717) is 29.1 Å². The van der Waals surface area contributed by atoms with Gasteiger partial charge < -0.3 is 10.1 Å². The first-order chi connectivity index (χ1) is 20.9. The van der Waals surface area contributed by atoms with Gasteiger partial charge in [0.1, 0.15) is 5.60 Å². The van der Waals surface area contributed by atoms with Crippen LogP contribution in [0.4, 0.5) is 10.5 Å². The lowest BCUT2D eigenvalue weighted by molar-refractivity contribution is 0.0547. The highest BCUT2D eigenvalue weighted by Crippen LogP contribution is 2.39. The van der Waals surface area contributed by atoms with Crippen LogP contribution < -0.4 is 10.0 Å². The molecule has 0 radical (unpaired) electrons. The first-order valence-corrected chi connectivity index (χ1v) is 16.9. The van der Waals surface area contributed by atoms with E-state index in [1.165, 1.54) is 24.8 Å². The molecule has 0 spiro atoms. The van der Waals surface area contributed by atoms with Crippen LogP contribution >= 0.6 is 0 Å². The maximum absolute atomic E-state index is 13.7. The Balaban J connectivity index is 1.45. The van der Waals surface area contributed by atoms with Crippen molar-refractivity contribution in [1.29, 1.82) is 0 Å². The lowest BCUT2D eigenvalue weighted by atomic mass is 9.92. The normalized spacial score (nSPS) is 15.7. The van der Waals surface area contributed by atoms with E-state index in [9.17, 15) is 18.0 Å². The van der Waals surface area contributed by atoms with Gasteiger partial charge in [0.25, 0.3) is 5.91 Å². The van der Waals surface area contributed by atoms with Gasteiger partial charge in [-0.05, 0) is 99.3 Å². The minimum absolute atomic E-state index is 0.209. The zero-order valence-electron chi connectivity index (χ0n) is 25.6. The molecule has 3 aromatic carbocycles. The molecular weight excluding hydrogens is 576 g/mol. The van der Waals surface area contributed by atoms with Crippen molar-refractivity contribution in [2.24, 2.45) is 0 Å². The van der Waals surface area contributed by atoms with Crippen molar-refractivity contribution in [3.63, 3.8) is 0 Å². The molecule has 1 saturated heterocycles. The smallest absolute Gasteiger partial charge is 0.419 e. The third-order valence-corrected chi connectivity index (χ3v) is 8.64. The summed E-state index contributed by atoms with van der Waals surface area (Å²) in [7, 11) is -3.40. The van der Waals surface area contributed by atoms with Crippen LogP contribution in [0.15, 0.2) is 60.7 Å². The summed E-state index contributed by atoms with van der Waals surface area (Å²) in [5, 5.41) is 3.87. The number of fused-ring (bicyclic) bond motifs is 2. The molecule has 44 heavy (non-hydrogen) atoms. The van der Waals surface area contributed by atoms with E-state index < -0.39 is 21.7 Å². The quantitative estimate of drug-likeness (QED) is 0.262. The number of piperidine rings is 1. The summed E-state index contributed by atoms with van der Waals surface area (Å²) in [6, 6.07) is 19.0. The lowest BCUT2D eigenvalue weighted by Gasteiger charge is -2.26. The second kappa shape index (κ2) is 11.4. The second-order valence-electron chi connectivity index (χ2n) is 12.7. The Labute approximate surface area is 258 Å². The summed E-state index contributed by atoms with van der Waals surface area (Å²) in [5.41, 5.74) is 5.94. The van der Waals surface area contributed by atoms with Crippen LogP contribution in [0.2, 0.25) is 0 Å². The molecule has 230 valence electrons. The van der Waals surface area contributed by atoms with E-state index in [-0.39, 0.29) is 5.91 Å². The number of carbonyl (C=O) groups excluding carboxylic acids is 2. The number of anilines is 1. The summed E-state index contributed by atoms with van der Waals surface area (Å²) in [5.74, 6) is -0.209. The van der Waals surface area contributed by atoms with Crippen molar-refractivity contribution in [3.8, 4) is 22.4 Å². The average Bonchev–Trinajstić information content (AvgIpc) is 3.53. The molecule has 1 amide bonds. The number of aromatic nitrogens is 1. The molecule has 0 saturated carbocycles. The number of hydrogen-bond donors (Lipinski definition) is 2. The Hall–Kier alpha value is -4.15. The number of sulfonamides is 1. The van der Waals surface area contributed by atoms with E-state index >= 15 is 0 Å². The van der Waals surface area contributed by atoms with Crippen LogP contribution in [0.3, 0.4) is 0 Å². The van der Waals surface area contributed by atoms with E-state index in [1.807, 2.05) is 57.2 Å². The molecule has 9 nitrogen and oxygen atoms in total. The van der Waals surface area contributed by atoms with Gasteiger partial charge in [0, 0.05) is 29.7 Å². The van der Waals surface area contributed by atoms with Crippen molar-refractivity contribution in [2.45, 2.75) is 58.7 Å². The van der Waals surface area contributed by atoms with Crippen LogP contribution in [0.25, 0.3) is 33.3 Å².